The fraction of sp³-hybridized carbons (Fsp3) is 0.286. The van der Waals surface area contributed by atoms with Crippen LogP contribution in [-0.4, -0.2) is 17.1 Å². The summed E-state index contributed by atoms with van der Waals surface area (Å²) in [7, 11) is 0. The summed E-state index contributed by atoms with van der Waals surface area (Å²) in [5.41, 5.74) is 3.25. The molecule has 0 heterocycles. The third-order valence-corrected chi connectivity index (χ3v) is 2.45. The van der Waals surface area contributed by atoms with Gasteiger partial charge in [-0.25, -0.2) is 0 Å². The van der Waals surface area contributed by atoms with Crippen LogP contribution in [0.15, 0.2) is 34.5 Å². The van der Waals surface area contributed by atoms with Gasteiger partial charge in [-0.2, -0.15) is 0 Å². The highest BCUT2D eigenvalue weighted by Gasteiger charge is 2.05. The molecule has 0 aliphatic heterocycles. The number of aliphatic hydroxyl groups is 1. The Morgan fingerprint density at radius 2 is 1.94 bits per heavy atom. The second-order valence-electron chi connectivity index (χ2n) is 4.10. The molecule has 0 aliphatic carbocycles. The normalized spacial score (nSPS) is 12.7. The molecule has 0 amide bonds. The lowest BCUT2D eigenvalue weighted by atomic mass is 10.1. The average molecular weight is 231 g/mol. The maximum Gasteiger partial charge on any atom is 0.164 e. The molecule has 0 radical (unpaired) electrons. The predicted molar refractivity (Wildman–Crippen MR) is 70.1 cm³/mol. The Morgan fingerprint density at radius 3 is 2.41 bits per heavy atom. The first-order chi connectivity index (χ1) is 7.91. The number of Topliss-reactive ketones (excluding diaryl/α,β-unsaturated/α-hetero) is 1. The number of allylic oxidation sites excluding steroid dienone is 2. The van der Waals surface area contributed by atoms with E-state index >= 15 is 0 Å². The van der Waals surface area contributed by atoms with Gasteiger partial charge in [-0.3, -0.25) is 9.79 Å². The fourth-order valence-corrected chi connectivity index (χ4v) is 1.52. The van der Waals surface area contributed by atoms with Crippen LogP contribution in [-0.2, 0) is 4.79 Å². The Labute approximate surface area is 102 Å². The molecule has 0 atom stereocenters. The van der Waals surface area contributed by atoms with E-state index in [-0.39, 0.29) is 17.1 Å². The Balaban J connectivity index is 3.05. The van der Waals surface area contributed by atoms with Gasteiger partial charge in [0.1, 0.15) is 5.76 Å². The van der Waals surface area contributed by atoms with Gasteiger partial charge < -0.3 is 5.11 Å². The first kappa shape index (κ1) is 13.2. The van der Waals surface area contributed by atoms with Gasteiger partial charge in [0.15, 0.2) is 5.78 Å². The molecule has 1 N–H and O–H groups in total. The van der Waals surface area contributed by atoms with E-state index in [2.05, 4.69) is 4.99 Å². The molecule has 0 bridgehead atoms. The lowest BCUT2D eigenvalue weighted by molar-refractivity contribution is -0.113. The summed E-state index contributed by atoms with van der Waals surface area (Å²) in [6.07, 6.45) is 1.41. The van der Waals surface area contributed by atoms with Crippen molar-refractivity contribution in [2.24, 2.45) is 4.99 Å². The Morgan fingerprint density at radius 1 is 1.29 bits per heavy atom. The van der Waals surface area contributed by atoms with Crippen LogP contribution in [0.3, 0.4) is 0 Å². The second-order valence-corrected chi connectivity index (χ2v) is 4.10. The van der Waals surface area contributed by atoms with Crippen LogP contribution < -0.4 is 0 Å². The highest BCUT2D eigenvalue weighted by atomic mass is 16.3. The largest absolute Gasteiger partial charge is 0.512 e. The zero-order valence-corrected chi connectivity index (χ0v) is 10.6. The number of aliphatic hydroxyl groups excluding tert-OH is 1. The van der Waals surface area contributed by atoms with Gasteiger partial charge >= 0.3 is 0 Å². The number of benzene rings is 1. The SMILES string of the molecule is CC(=O)/C(C=Nc1ccc(C)cc1C)=C(\C)O. The van der Waals surface area contributed by atoms with Crippen molar-refractivity contribution in [1.82, 2.24) is 0 Å². The van der Waals surface area contributed by atoms with E-state index in [1.165, 1.54) is 25.6 Å². The number of carbonyl (C=O) groups excluding carboxylic acids is 1. The van der Waals surface area contributed by atoms with Crippen LogP contribution in [0, 0.1) is 13.8 Å². The van der Waals surface area contributed by atoms with Gasteiger partial charge in [-0.1, -0.05) is 17.7 Å². The summed E-state index contributed by atoms with van der Waals surface area (Å²) >= 11 is 0. The minimum atomic E-state index is -0.196. The van der Waals surface area contributed by atoms with E-state index < -0.39 is 0 Å². The van der Waals surface area contributed by atoms with Gasteiger partial charge in [0.25, 0.3) is 0 Å². The molecule has 1 aromatic rings. The summed E-state index contributed by atoms with van der Waals surface area (Å²) in [6, 6.07) is 5.88. The van der Waals surface area contributed by atoms with Crippen molar-refractivity contribution in [3.63, 3.8) is 0 Å². The Kier molecular flexibility index (Phi) is 4.21. The first-order valence-corrected chi connectivity index (χ1v) is 5.44. The maximum atomic E-state index is 11.2. The summed E-state index contributed by atoms with van der Waals surface area (Å²) in [5, 5.41) is 9.34. The van der Waals surface area contributed by atoms with Gasteiger partial charge in [0, 0.05) is 6.21 Å². The monoisotopic (exact) mass is 231 g/mol. The molecule has 0 saturated heterocycles. The van der Waals surface area contributed by atoms with Gasteiger partial charge in [-0.05, 0) is 39.3 Å². The van der Waals surface area contributed by atoms with E-state index in [0.29, 0.717) is 0 Å². The zero-order chi connectivity index (χ0) is 13.0. The Bertz CT molecular complexity index is 495. The first-order valence-electron chi connectivity index (χ1n) is 5.44. The molecule has 0 aromatic heterocycles. The van der Waals surface area contributed by atoms with Crippen LogP contribution in [0.1, 0.15) is 25.0 Å². The lowest BCUT2D eigenvalue weighted by Gasteiger charge is -2.02. The van der Waals surface area contributed by atoms with Gasteiger partial charge in [0.05, 0.1) is 11.3 Å². The fourth-order valence-electron chi connectivity index (χ4n) is 1.52. The van der Waals surface area contributed by atoms with Gasteiger partial charge in [0.2, 0.25) is 0 Å². The topological polar surface area (TPSA) is 49.7 Å². The maximum absolute atomic E-state index is 11.2. The Hall–Kier alpha value is -1.90. The van der Waals surface area contributed by atoms with Crippen LogP contribution in [0.5, 0.6) is 0 Å². The molecule has 1 aromatic carbocycles. The second kappa shape index (κ2) is 5.43. The van der Waals surface area contributed by atoms with E-state index in [4.69, 9.17) is 0 Å². The third kappa shape index (κ3) is 3.55. The van der Waals surface area contributed by atoms with Crippen LogP contribution in [0.4, 0.5) is 5.69 Å². The van der Waals surface area contributed by atoms with Crippen molar-refractivity contribution in [3.05, 3.63) is 40.7 Å². The minimum absolute atomic E-state index is 0.00832. The molecule has 0 saturated carbocycles. The molecule has 3 nitrogen and oxygen atoms in total. The number of aliphatic imine (C=N–C) groups is 1. The number of aryl methyl sites for hydroxylation is 2. The molecule has 17 heavy (non-hydrogen) atoms. The van der Waals surface area contributed by atoms with Crippen molar-refractivity contribution in [2.45, 2.75) is 27.7 Å². The van der Waals surface area contributed by atoms with Crippen molar-refractivity contribution < 1.29 is 9.90 Å². The number of carbonyl (C=O) groups is 1. The highest BCUT2D eigenvalue weighted by molar-refractivity contribution is 6.13. The quantitative estimate of drug-likeness (QED) is 0.492. The van der Waals surface area contributed by atoms with Crippen molar-refractivity contribution >= 4 is 17.7 Å². The molecule has 90 valence electrons. The van der Waals surface area contributed by atoms with E-state index in [1.54, 1.807) is 0 Å². The number of ketones is 1. The smallest absolute Gasteiger partial charge is 0.164 e. The molecular formula is C14H17NO2. The van der Waals surface area contributed by atoms with Crippen molar-refractivity contribution in [3.8, 4) is 0 Å². The van der Waals surface area contributed by atoms with Crippen molar-refractivity contribution in [1.29, 1.82) is 0 Å². The van der Waals surface area contributed by atoms with Crippen LogP contribution >= 0.6 is 0 Å². The summed E-state index contributed by atoms with van der Waals surface area (Å²) in [6.45, 7) is 6.86. The predicted octanol–water partition coefficient (Wildman–Crippen LogP) is 3.43. The lowest BCUT2D eigenvalue weighted by Crippen LogP contribution is -2.01. The molecule has 1 rings (SSSR count). The number of rotatable bonds is 3. The molecule has 3 heteroatoms. The number of hydrogen-bond acceptors (Lipinski definition) is 3. The summed E-state index contributed by atoms with van der Waals surface area (Å²) in [4.78, 5) is 15.5. The zero-order valence-electron chi connectivity index (χ0n) is 10.6. The van der Waals surface area contributed by atoms with E-state index in [9.17, 15) is 9.90 Å². The average Bonchev–Trinajstić information content (AvgIpc) is 2.20. The highest BCUT2D eigenvalue weighted by Crippen LogP contribution is 2.19. The summed E-state index contributed by atoms with van der Waals surface area (Å²) < 4.78 is 0. The molecule has 0 aliphatic rings. The number of hydrogen-bond donors (Lipinski definition) is 1. The van der Waals surface area contributed by atoms with E-state index in [1.807, 2.05) is 32.0 Å². The molecular weight excluding hydrogens is 214 g/mol. The van der Waals surface area contributed by atoms with E-state index in [0.717, 1.165) is 11.3 Å². The van der Waals surface area contributed by atoms with Crippen LogP contribution in [0.25, 0.3) is 0 Å². The standard InChI is InChI=1S/C14H17NO2/c1-9-5-6-14(10(2)7-9)15-8-13(11(3)16)12(4)17/h5-8,16H,1-4H3/b13-11+,15-8?. The molecule has 0 unspecified atom stereocenters. The van der Waals surface area contributed by atoms with Crippen molar-refractivity contribution in [2.75, 3.05) is 0 Å². The van der Waals surface area contributed by atoms with Crippen LogP contribution in [0.2, 0.25) is 0 Å². The molecule has 0 spiro atoms. The number of nitrogens with zero attached hydrogens (tertiary/aromatic N) is 1. The third-order valence-electron chi connectivity index (χ3n) is 2.45. The van der Waals surface area contributed by atoms with Gasteiger partial charge in [-0.15, -0.1) is 0 Å². The summed E-state index contributed by atoms with van der Waals surface area (Å²) in [5.74, 6) is -0.204. The molecule has 0 fully saturated rings. The minimum Gasteiger partial charge on any atom is -0.512 e.